The van der Waals surface area contributed by atoms with Gasteiger partial charge in [0, 0.05) is 56.7 Å². The van der Waals surface area contributed by atoms with Gasteiger partial charge in [-0.2, -0.15) is 14.7 Å². The predicted molar refractivity (Wildman–Crippen MR) is 93.6 cm³/mol. The third-order valence-corrected chi connectivity index (χ3v) is 4.63. The maximum atomic E-state index is 12.7. The minimum Gasteiger partial charge on any atom is -0.353 e. The summed E-state index contributed by atoms with van der Waals surface area (Å²) in [5.41, 5.74) is 2.44. The smallest absolute Gasteiger partial charge is 0.257 e. The predicted octanol–water partition coefficient (Wildman–Crippen LogP) is 1.12. The first-order chi connectivity index (χ1) is 12.0. The van der Waals surface area contributed by atoms with Crippen LogP contribution in [0, 0.1) is 6.92 Å². The summed E-state index contributed by atoms with van der Waals surface area (Å²) in [6.07, 6.45) is 5.15. The van der Waals surface area contributed by atoms with E-state index in [1.54, 1.807) is 23.3 Å². The van der Waals surface area contributed by atoms with Gasteiger partial charge in [0.1, 0.15) is 5.82 Å². The van der Waals surface area contributed by atoms with E-state index in [0.29, 0.717) is 12.1 Å². The number of aromatic nitrogens is 5. The lowest BCUT2D eigenvalue weighted by Gasteiger charge is -2.40. The van der Waals surface area contributed by atoms with Crippen molar-refractivity contribution in [3.05, 3.63) is 42.0 Å². The average molecular weight is 339 g/mol. The highest BCUT2D eigenvalue weighted by Gasteiger charge is 2.29. The van der Waals surface area contributed by atoms with Crippen molar-refractivity contribution in [2.45, 2.75) is 19.9 Å². The van der Waals surface area contributed by atoms with E-state index < -0.39 is 0 Å². The maximum Gasteiger partial charge on any atom is 0.257 e. The molecule has 1 unspecified atom stereocenters. The SMILES string of the molecule is Cc1cc(N2CCN(C(=O)c3cnn(C)c3)C(C)C2)n2nccc2n1. The molecule has 8 heteroatoms. The molecule has 0 saturated carbocycles. The minimum atomic E-state index is 0.0374. The number of carbonyl (C=O) groups is 1. The van der Waals surface area contributed by atoms with E-state index in [0.717, 1.165) is 30.2 Å². The Balaban J connectivity index is 1.57. The van der Waals surface area contributed by atoms with Crippen molar-refractivity contribution in [1.82, 2.24) is 29.3 Å². The van der Waals surface area contributed by atoms with Gasteiger partial charge in [0.2, 0.25) is 0 Å². The van der Waals surface area contributed by atoms with Gasteiger partial charge in [0.25, 0.3) is 5.91 Å². The summed E-state index contributed by atoms with van der Waals surface area (Å²) in [4.78, 5) is 21.4. The fourth-order valence-corrected chi connectivity index (χ4v) is 3.41. The van der Waals surface area contributed by atoms with Crippen molar-refractivity contribution < 1.29 is 4.79 Å². The van der Waals surface area contributed by atoms with E-state index in [9.17, 15) is 4.79 Å². The molecule has 3 aromatic rings. The first kappa shape index (κ1) is 15.6. The summed E-state index contributed by atoms with van der Waals surface area (Å²) in [5, 5.41) is 8.48. The minimum absolute atomic E-state index is 0.0374. The topological polar surface area (TPSA) is 71.6 Å². The zero-order chi connectivity index (χ0) is 17.6. The zero-order valence-electron chi connectivity index (χ0n) is 14.6. The van der Waals surface area contributed by atoms with Gasteiger partial charge < -0.3 is 9.80 Å². The van der Waals surface area contributed by atoms with Crippen LogP contribution in [0.2, 0.25) is 0 Å². The van der Waals surface area contributed by atoms with Crippen LogP contribution in [0.3, 0.4) is 0 Å². The van der Waals surface area contributed by atoms with Crippen LogP contribution in [-0.4, -0.2) is 60.9 Å². The standard InChI is InChI=1S/C17H21N7O/c1-12-8-16(24-15(20-12)4-5-18-24)22-6-7-23(13(2)10-22)17(25)14-9-19-21(3)11-14/h4-5,8-9,11,13H,6-7,10H2,1-3H3. The molecule has 1 aliphatic rings. The van der Waals surface area contributed by atoms with E-state index in [1.165, 1.54) is 0 Å². The largest absolute Gasteiger partial charge is 0.353 e. The second-order valence-electron chi connectivity index (χ2n) is 6.55. The highest BCUT2D eigenvalue weighted by atomic mass is 16.2. The lowest BCUT2D eigenvalue weighted by Crippen LogP contribution is -2.54. The lowest BCUT2D eigenvalue weighted by atomic mass is 10.1. The first-order valence-electron chi connectivity index (χ1n) is 8.39. The molecule has 1 aliphatic heterocycles. The van der Waals surface area contributed by atoms with Crippen LogP contribution in [0.25, 0.3) is 5.65 Å². The molecule has 1 saturated heterocycles. The molecule has 0 spiro atoms. The highest BCUT2D eigenvalue weighted by Crippen LogP contribution is 2.22. The van der Waals surface area contributed by atoms with Gasteiger partial charge in [0.15, 0.2) is 5.65 Å². The number of rotatable bonds is 2. The van der Waals surface area contributed by atoms with Gasteiger partial charge in [-0.1, -0.05) is 0 Å². The zero-order valence-corrected chi connectivity index (χ0v) is 14.6. The van der Waals surface area contributed by atoms with Crippen molar-refractivity contribution >= 4 is 17.4 Å². The van der Waals surface area contributed by atoms with Crippen molar-refractivity contribution in [2.24, 2.45) is 7.05 Å². The van der Waals surface area contributed by atoms with Gasteiger partial charge in [-0.05, 0) is 13.8 Å². The number of anilines is 1. The van der Waals surface area contributed by atoms with Crippen molar-refractivity contribution in [1.29, 1.82) is 0 Å². The van der Waals surface area contributed by atoms with Crippen LogP contribution >= 0.6 is 0 Å². The van der Waals surface area contributed by atoms with Crippen LogP contribution < -0.4 is 4.90 Å². The van der Waals surface area contributed by atoms with E-state index in [1.807, 2.05) is 35.5 Å². The molecule has 4 rings (SSSR count). The van der Waals surface area contributed by atoms with E-state index in [4.69, 9.17) is 0 Å². The fourth-order valence-electron chi connectivity index (χ4n) is 3.41. The monoisotopic (exact) mass is 339 g/mol. The molecule has 25 heavy (non-hydrogen) atoms. The molecule has 1 fully saturated rings. The van der Waals surface area contributed by atoms with Crippen LogP contribution in [0.15, 0.2) is 30.7 Å². The van der Waals surface area contributed by atoms with Gasteiger partial charge in [-0.25, -0.2) is 4.98 Å². The molecule has 1 amide bonds. The average Bonchev–Trinajstić information content (AvgIpc) is 3.22. The Hall–Kier alpha value is -2.90. The molecule has 1 atom stereocenters. The quantitative estimate of drug-likeness (QED) is 0.700. The van der Waals surface area contributed by atoms with Gasteiger partial charge in [-0.3, -0.25) is 9.48 Å². The van der Waals surface area contributed by atoms with Crippen molar-refractivity contribution in [3.63, 3.8) is 0 Å². The summed E-state index contributed by atoms with van der Waals surface area (Å²) in [6, 6.07) is 4.05. The van der Waals surface area contributed by atoms with Crippen molar-refractivity contribution in [3.8, 4) is 0 Å². The summed E-state index contributed by atoms with van der Waals surface area (Å²) in [7, 11) is 1.82. The van der Waals surface area contributed by atoms with Crippen LogP contribution in [0.4, 0.5) is 5.82 Å². The molecule has 4 heterocycles. The lowest BCUT2D eigenvalue weighted by molar-refractivity contribution is 0.0673. The van der Waals surface area contributed by atoms with Crippen LogP contribution in [0.1, 0.15) is 23.0 Å². The number of fused-ring (bicyclic) bond motifs is 1. The number of nitrogens with zero attached hydrogens (tertiary/aromatic N) is 7. The third-order valence-electron chi connectivity index (χ3n) is 4.63. The normalized spacial score (nSPS) is 18.1. The van der Waals surface area contributed by atoms with E-state index in [2.05, 4.69) is 27.0 Å². The summed E-state index contributed by atoms with van der Waals surface area (Å²) < 4.78 is 3.51. The van der Waals surface area contributed by atoms with Gasteiger partial charge >= 0.3 is 0 Å². The molecule has 3 aromatic heterocycles. The number of hydrogen-bond donors (Lipinski definition) is 0. The molecule has 0 N–H and O–H groups in total. The molecule has 0 bridgehead atoms. The Bertz CT molecular complexity index is 928. The Morgan fingerprint density at radius 2 is 2.12 bits per heavy atom. The molecule has 0 radical (unpaired) electrons. The highest BCUT2D eigenvalue weighted by molar-refractivity contribution is 5.94. The van der Waals surface area contributed by atoms with Crippen LogP contribution in [-0.2, 0) is 7.05 Å². The summed E-state index contributed by atoms with van der Waals surface area (Å²) in [5.74, 6) is 1.06. The number of carbonyl (C=O) groups excluding carboxylic acids is 1. The molecule has 8 nitrogen and oxygen atoms in total. The Morgan fingerprint density at radius 3 is 2.84 bits per heavy atom. The molecule has 130 valence electrons. The summed E-state index contributed by atoms with van der Waals surface area (Å²) >= 11 is 0. The molecular formula is C17H21N7O. The maximum absolute atomic E-state index is 12.7. The fraction of sp³-hybridized carbons (Fsp3) is 0.412. The Kier molecular flexibility index (Phi) is 3.67. The van der Waals surface area contributed by atoms with E-state index in [-0.39, 0.29) is 11.9 Å². The van der Waals surface area contributed by atoms with Gasteiger partial charge in [-0.15, -0.1) is 0 Å². The number of hydrogen-bond acceptors (Lipinski definition) is 5. The third kappa shape index (κ3) is 2.73. The molecule has 0 aliphatic carbocycles. The second-order valence-corrected chi connectivity index (χ2v) is 6.55. The molecule has 0 aromatic carbocycles. The molecular weight excluding hydrogens is 318 g/mol. The Labute approximate surface area is 145 Å². The number of aryl methyl sites for hydroxylation is 2. The van der Waals surface area contributed by atoms with Crippen LogP contribution in [0.5, 0.6) is 0 Å². The Morgan fingerprint density at radius 1 is 1.28 bits per heavy atom. The number of piperazine rings is 1. The first-order valence-corrected chi connectivity index (χ1v) is 8.39. The van der Waals surface area contributed by atoms with Crippen molar-refractivity contribution in [2.75, 3.05) is 24.5 Å². The second kappa shape index (κ2) is 5.87. The van der Waals surface area contributed by atoms with E-state index >= 15 is 0 Å². The summed E-state index contributed by atoms with van der Waals surface area (Å²) in [6.45, 7) is 6.25. The van der Waals surface area contributed by atoms with Gasteiger partial charge in [0.05, 0.1) is 18.0 Å². The number of amides is 1.